The Morgan fingerprint density at radius 2 is 2.29 bits per heavy atom. The minimum atomic E-state index is -0.130. The van der Waals surface area contributed by atoms with Crippen molar-refractivity contribution in [2.45, 2.75) is 12.8 Å². The van der Waals surface area contributed by atoms with Gasteiger partial charge in [-0.2, -0.15) is 0 Å². The molecule has 0 aliphatic carbocycles. The molecule has 14 heavy (non-hydrogen) atoms. The molecule has 1 aliphatic heterocycles. The third-order valence-corrected chi connectivity index (χ3v) is 3.16. The molecule has 0 saturated heterocycles. The molecule has 1 aliphatic rings. The summed E-state index contributed by atoms with van der Waals surface area (Å²) in [6.45, 7) is 2.05. The van der Waals surface area contributed by atoms with Gasteiger partial charge in [-0.25, -0.2) is 4.39 Å². The van der Waals surface area contributed by atoms with Gasteiger partial charge in [-0.05, 0) is 30.5 Å². The number of hydrogen-bond donors (Lipinski definition) is 0. The predicted molar refractivity (Wildman–Crippen MR) is 60.7 cm³/mol. The Hall–Kier alpha value is -0.570. The molecule has 0 saturated carbocycles. The van der Waals surface area contributed by atoms with E-state index in [0.717, 1.165) is 36.9 Å². The Morgan fingerprint density at radius 1 is 1.43 bits per heavy atom. The van der Waals surface area contributed by atoms with Gasteiger partial charge in [0, 0.05) is 24.1 Å². The van der Waals surface area contributed by atoms with E-state index in [-0.39, 0.29) is 5.82 Å². The molecule has 1 nitrogen and oxygen atoms in total. The number of fused-ring (bicyclic) bond motifs is 1. The third-order valence-electron chi connectivity index (χ3n) is 2.60. The summed E-state index contributed by atoms with van der Waals surface area (Å²) in [6, 6.07) is 5.10. The van der Waals surface area contributed by atoms with Gasteiger partial charge in [0.05, 0.1) is 0 Å². The van der Waals surface area contributed by atoms with Crippen LogP contribution >= 0.6 is 15.9 Å². The van der Waals surface area contributed by atoms with E-state index in [2.05, 4.69) is 20.8 Å². The molecule has 1 aromatic carbocycles. The molecule has 0 spiro atoms. The van der Waals surface area contributed by atoms with Gasteiger partial charge >= 0.3 is 0 Å². The average molecular weight is 258 g/mol. The number of nitrogens with zero attached hydrogens (tertiary/aromatic N) is 1. The molecular weight excluding hydrogens is 245 g/mol. The minimum absolute atomic E-state index is 0.130. The van der Waals surface area contributed by atoms with Crippen molar-refractivity contribution in [3.8, 4) is 0 Å². The lowest BCUT2D eigenvalue weighted by atomic mass is 10.2. The molecule has 76 valence electrons. The first kappa shape index (κ1) is 9.97. The number of halogens is 2. The molecule has 0 radical (unpaired) electrons. The summed E-state index contributed by atoms with van der Waals surface area (Å²) in [5.74, 6) is -0.130. The zero-order chi connectivity index (χ0) is 9.97. The van der Waals surface area contributed by atoms with Crippen LogP contribution in [0.2, 0.25) is 0 Å². The summed E-state index contributed by atoms with van der Waals surface area (Å²) >= 11 is 3.41. The molecule has 0 aromatic heterocycles. The highest BCUT2D eigenvalue weighted by Crippen LogP contribution is 2.28. The molecule has 0 atom stereocenters. The Kier molecular flexibility index (Phi) is 3.06. The van der Waals surface area contributed by atoms with Crippen molar-refractivity contribution in [1.82, 2.24) is 0 Å². The molecule has 0 N–H and O–H groups in total. The maximum atomic E-state index is 13.0. The van der Waals surface area contributed by atoms with Gasteiger partial charge in [-0.1, -0.05) is 22.0 Å². The smallest absolute Gasteiger partial charge is 0.125 e. The Balaban J connectivity index is 2.16. The van der Waals surface area contributed by atoms with E-state index >= 15 is 0 Å². The number of benzene rings is 1. The molecule has 3 heteroatoms. The SMILES string of the molecule is Fc1ccc2c(c1)N(CCCBr)CC2. The van der Waals surface area contributed by atoms with Crippen molar-refractivity contribution in [2.75, 3.05) is 23.3 Å². The van der Waals surface area contributed by atoms with E-state index < -0.39 is 0 Å². The maximum absolute atomic E-state index is 13.0. The van der Waals surface area contributed by atoms with Crippen LogP contribution in [0.25, 0.3) is 0 Å². The first-order valence-electron chi connectivity index (χ1n) is 4.90. The summed E-state index contributed by atoms with van der Waals surface area (Å²) < 4.78 is 13.0. The van der Waals surface area contributed by atoms with E-state index in [1.165, 1.54) is 5.56 Å². The lowest BCUT2D eigenvalue weighted by Crippen LogP contribution is -2.21. The van der Waals surface area contributed by atoms with Gasteiger partial charge in [-0.15, -0.1) is 0 Å². The second-order valence-electron chi connectivity index (χ2n) is 3.55. The lowest BCUT2D eigenvalue weighted by molar-refractivity contribution is 0.627. The van der Waals surface area contributed by atoms with Crippen molar-refractivity contribution in [2.24, 2.45) is 0 Å². The number of rotatable bonds is 3. The average Bonchev–Trinajstić information content (AvgIpc) is 2.57. The quantitative estimate of drug-likeness (QED) is 0.753. The van der Waals surface area contributed by atoms with Crippen molar-refractivity contribution >= 4 is 21.6 Å². The number of hydrogen-bond acceptors (Lipinski definition) is 1. The third kappa shape index (κ3) is 1.92. The molecule has 1 heterocycles. The van der Waals surface area contributed by atoms with Gasteiger partial charge in [0.1, 0.15) is 5.82 Å². The highest BCUT2D eigenvalue weighted by atomic mass is 79.9. The molecule has 0 fully saturated rings. The Labute approximate surface area is 92.0 Å². The summed E-state index contributed by atoms with van der Waals surface area (Å²) in [4.78, 5) is 2.26. The molecule has 0 amide bonds. The molecule has 1 aromatic rings. The first-order chi connectivity index (χ1) is 6.81. The summed E-state index contributed by atoms with van der Waals surface area (Å²) in [7, 11) is 0. The van der Waals surface area contributed by atoms with Gasteiger partial charge < -0.3 is 4.90 Å². The summed E-state index contributed by atoms with van der Waals surface area (Å²) in [6.07, 6.45) is 2.16. The van der Waals surface area contributed by atoms with E-state index in [1.807, 2.05) is 6.07 Å². The highest BCUT2D eigenvalue weighted by Gasteiger charge is 2.18. The van der Waals surface area contributed by atoms with Crippen LogP contribution in [0, 0.1) is 5.82 Å². The van der Waals surface area contributed by atoms with Crippen molar-refractivity contribution in [1.29, 1.82) is 0 Å². The molecule has 0 unspecified atom stereocenters. The summed E-state index contributed by atoms with van der Waals surface area (Å²) in [5, 5.41) is 1.01. The molecular formula is C11H13BrFN. The first-order valence-corrected chi connectivity index (χ1v) is 6.03. The van der Waals surface area contributed by atoms with Crippen LogP contribution in [0.5, 0.6) is 0 Å². The van der Waals surface area contributed by atoms with Crippen molar-refractivity contribution < 1.29 is 4.39 Å². The van der Waals surface area contributed by atoms with Crippen LogP contribution in [0.1, 0.15) is 12.0 Å². The fourth-order valence-electron chi connectivity index (χ4n) is 1.90. The van der Waals surface area contributed by atoms with Gasteiger partial charge in [0.25, 0.3) is 0 Å². The molecule has 2 rings (SSSR count). The largest absolute Gasteiger partial charge is 0.371 e. The van der Waals surface area contributed by atoms with Crippen molar-refractivity contribution in [3.63, 3.8) is 0 Å². The van der Waals surface area contributed by atoms with Crippen LogP contribution < -0.4 is 4.90 Å². The standard InChI is InChI=1S/C11H13BrFN/c12-5-1-6-14-7-4-9-2-3-10(13)8-11(9)14/h2-3,8H,1,4-7H2. The second kappa shape index (κ2) is 4.30. The zero-order valence-electron chi connectivity index (χ0n) is 7.97. The van der Waals surface area contributed by atoms with E-state index in [0.29, 0.717) is 0 Å². The van der Waals surface area contributed by atoms with Crippen LogP contribution in [0.4, 0.5) is 10.1 Å². The lowest BCUT2D eigenvalue weighted by Gasteiger charge is -2.18. The second-order valence-corrected chi connectivity index (χ2v) is 4.35. The minimum Gasteiger partial charge on any atom is -0.371 e. The van der Waals surface area contributed by atoms with E-state index in [9.17, 15) is 4.39 Å². The van der Waals surface area contributed by atoms with Crippen LogP contribution in [0.15, 0.2) is 18.2 Å². The van der Waals surface area contributed by atoms with Crippen LogP contribution in [0.3, 0.4) is 0 Å². The van der Waals surface area contributed by atoms with Gasteiger partial charge in [0.2, 0.25) is 0 Å². The van der Waals surface area contributed by atoms with E-state index in [4.69, 9.17) is 0 Å². The number of anilines is 1. The fraction of sp³-hybridized carbons (Fsp3) is 0.455. The van der Waals surface area contributed by atoms with Gasteiger partial charge in [-0.3, -0.25) is 0 Å². The van der Waals surface area contributed by atoms with Crippen LogP contribution in [-0.2, 0) is 6.42 Å². The molecule has 0 bridgehead atoms. The normalized spacial score (nSPS) is 14.6. The monoisotopic (exact) mass is 257 g/mol. The Morgan fingerprint density at radius 3 is 3.07 bits per heavy atom. The van der Waals surface area contributed by atoms with Crippen molar-refractivity contribution in [3.05, 3.63) is 29.6 Å². The predicted octanol–water partition coefficient (Wildman–Crippen LogP) is 2.97. The topological polar surface area (TPSA) is 3.24 Å². The Bertz CT molecular complexity index is 327. The maximum Gasteiger partial charge on any atom is 0.125 e. The number of alkyl halides is 1. The van der Waals surface area contributed by atoms with Gasteiger partial charge in [0.15, 0.2) is 0 Å². The zero-order valence-corrected chi connectivity index (χ0v) is 9.56. The van der Waals surface area contributed by atoms with E-state index in [1.54, 1.807) is 12.1 Å². The fourth-order valence-corrected chi connectivity index (χ4v) is 2.15. The highest BCUT2D eigenvalue weighted by molar-refractivity contribution is 9.09. The summed E-state index contributed by atoms with van der Waals surface area (Å²) in [5.41, 5.74) is 2.37. The van der Waals surface area contributed by atoms with Crippen LogP contribution in [-0.4, -0.2) is 18.4 Å².